The SMILES string of the molecule is CNc1ccc(OCC(F)(F)F)nc1.Cl. The molecule has 3 nitrogen and oxygen atoms in total. The highest BCUT2D eigenvalue weighted by molar-refractivity contribution is 5.85. The van der Waals surface area contributed by atoms with E-state index >= 15 is 0 Å². The van der Waals surface area contributed by atoms with Gasteiger partial charge in [-0.1, -0.05) is 0 Å². The van der Waals surface area contributed by atoms with Crippen molar-refractivity contribution < 1.29 is 17.9 Å². The van der Waals surface area contributed by atoms with Crippen molar-refractivity contribution in [3.63, 3.8) is 0 Å². The summed E-state index contributed by atoms with van der Waals surface area (Å²) in [6.07, 6.45) is -2.94. The van der Waals surface area contributed by atoms with E-state index in [1.807, 2.05) is 0 Å². The second-order valence-corrected chi connectivity index (χ2v) is 2.54. The van der Waals surface area contributed by atoms with E-state index in [9.17, 15) is 13.2 Å². The third kappa shape index (κ3) is 5.31. The molecule has 0 aliphatic carbocycles. The van der Waals surface area contributed by atoms with Crippen LogP contribution in [0.15, 0.2) is 18.3 Å². The number of anilines is 1. The third-order valence-electron chi connectivity index (χ3n) is 1.41. The van der Waals surface area contributed by atoms with Gasteiger partial charge in [0.1, 0.15) is 0 Å². The fourth-order valence-electron chi connectivity index (χ4n) is 0.769. The number of hydrogen-bond acceptors (Lipinski definition) is 3. The number of ether oxygens (including phenoxy) is 1. The van der Waals surface area contributed by atoms with E-state index in [1.165, 1.54) is 12.3 Å². The summed E-state index contributed by atoms with van der Waals surface area (Å²) in [7, 11) is 1.69. The van der Waals surface area contributed by atoms with E-state index in [4.69, 9.17) is 0 Å². The van der Waals surface area contributed by atoms with Gasteiger partial charge in [-0.05, 0) is 6.07 Å². The van der Waals surface area contributed by atoms with Crippen LogP contribution in [0.5, 0.6) is 5.88 Å². The first-order valence-electron chi connectivity index (χ1n) is 3.84. The lowest BCUT2D eigenvalue weighted by Gasteiger charge is -2.08. The fourth-order valence-corrected chi connectivity index (χ4v) is 0.769. The van der Waals surface area contributed by atoms with Gasteiger partial charge in [0.25, 0.3) is 0 Å². The molecule has 1 aromatic rings. The Morgan fingerprint density at radius 3 is 2.47 bits per heavy atom. The molecule has 0 unspecified atom stereocenters. The molecular weight excluding hydrogens is 233 g/mol. The second-order valence-electron chi connectivity index (χ2n) is 2.54. The van der Waals surface area contributed by atoms with Crippen LogP contribution in [0, 0.1) is 0 Å². The predicted octanol–water partition coefficient (Wildman–Crippen LogP) is 2.49. The summed E-state index contributed by atoms with van der Waals surface area (Å²) in [5.74, 6) is -0.0404. The van der Waals surface area contributed by atoms with Crippen LogP contribution in [0.4, 0.5) is 18.9 Å². The van der Waals surface area contributed by atoms with Gasteiger partial charge in [0.15, 0.2) is 6.61 Å². The number of hydrogen-bond donors (Lipinski definition) is 1. The molecule has 1 aromatic heterocycles. The minimum absolute atomic E-state index is 0. The van der Waals surface area contributed by atoms with Crippen molar-refractivity contribution in [3.8, 4) is 5.88 Å². The van der Waals surface area contributed by atoms with Crippen LogP contribution < -0.4 is 10.1 Å². The molecule has 0 amide bonds. The zero-order chi connectivity index (χ0) is 10.6. The van der Waals surface area contributed by atoms with Crippen LogP contribution in [-0.2, 0) is 0 Å². The molecule has 0 aliphatic heterocycles. The molecule has 1 N–H and O–H groups in total. The first-order chi connectivity index (χ1) is 6.51. The van der Waals surface area contributed by atoms with Crippen LogP contribution in [0.25, 0.3) is 0 Å². The average Bonchev–Trinajstić information content (AvgIpc) is 2.14. The van der Waals surface area contributed by atoms with Crippen molar-refractivity contribution in [2.24, 2.45) is 0 Å². The molecule has 0 bridgehead atoms. The molecule has 0 aliphatic rings. The molecule has 86 valence electrons. The van der Waals surface area contributed by atoms with Crippen molar-refractivity contribution in [1.29, 1.82) is 0 Å². The van der Waals surface area contributed by atoms with E-state index in [-0.39, 0.29) is 18.3 Å². The summed E-state index contributed by atoms with van der Waals surface area (Å²) >= 11 is 0. The normalized spacial score (nSPS) is 10.4. The minimum atomic E-state index is -4.33. The Hall–Kier alpha value is -1.17. The minimum Gasteiger partial charge on any atom is -0.468 e. The van der Waals surface area contributed by atoms with Gasteiger partial charge in [0, 0.05) is 13.1 Å². The third-order valence-corrected chi connectivity index (χ3v) is 1.41. The summed E-state index contributed by atoms with van der Waals surface area (Å²) in [6.45, 7) is -1.32. The van der Waals surface area contributed by atoms with Crippen molar-refractivity contribution in [1.82, 2.24) is 4.98 Å². The highest BCUT2D eigenvalue weighted by Crippen LogP contribution is 2.17. The number of aromatic nitrogens is 1. The van der Waals surface area contributed by atoms with Crippen molar-refractivity contribution in [3.05, 3.63) is 18.3 Å². The molecular formula is C8H10ClF3N2O. The summed E-state index contributed by atoms with van der Waals surface area (Å²) in [5.41, 5.74) is 0.712. The van der Waals surface area contributed by atoms with Crippen LogP contribution in [-0.4, -0.2) is 24.8 Å². The molecule has 0 fully saturated rings. The van der Waals surface area contributed by atoms with Crippen LogP contribution >= 0.6 is 12.4 Å². The molecule has 0 atom stereocenters. The fraction of sp³-hybridized carbons (Fsp3) is 0.375. The maximum absolute atomic E-state index is 11.7. The molecule has 0 saturated heterocycles. The lowest BCUT2D eigenvalue weighted by molar-refractivity contribution is -0.154. The van der Waals surface area contributed by atoms with Gasteiger partial charge >= 0.3 is 6.18 Å². The van der Waals surface area contributed by atoms with Gasteiger partial charge in [-0.2, -0.15) is 13.2 Å². The Labute approximate surface area is 91.1 Å². The molecule has 0 spiro atoms. The maximum Gasteiger partial charge on any atom is 0.422 e. The summed E-state index contributed by atoms with van der Waals surface area (Å²) < 4.78 is 39.6. The van der Waals surface area contributed by atoms with Crippen LogP contribution in [0.2, 0.25) is 0 Å². The Kier molecular flexibility index (Phi) is 5.21. The zero-order valence-corrected chi connectivity index (χ0v) is 8.65. The maximum atomic E-state index is 11.7. The summed E-state index contributed by atoms with van der Waals surface area (Å²) in [5, 5.41) is 2.79. The van der Waals surface area contributed by atoms with E-state index in [0.29, 0.717) is 5.69 Å². The number of nitrogens with zero attached hydrogens (tertiary/aromatic N) is 1. The molecule has 0 saturated carbocycles. The Morgan fingerprint density at radius 2 is 2.07 bits per heavy atom. The van der Waals surface area contributed by atoms with Gasteiger partial charge in [-0.3, -0.25) is 0 Å². The van der Waals surface area contributed by atoms with E-state index < -0.39 is 12.8 Å². The highest BCUT2D eigenvalue weighted by atomic mass is 35.5. The number of alkyl halides is 3. The molecule has 15 heavy (non-hydrogen) atoms. The number of rotatable bonds is 3. The van der Waals surface area contributed by atoms with Crippen molar-refractivity contribution in [2.75, 3.05) is 19.0 Å². The standard InChI is InChI=1S/C8H9F3N2O.ClH/c1-12-6-2-3-7(13-4-6)14-5-8(9,10)11;/h2-4,12H,5H2,1H3;1H. The van der Waals surface area contributed by atoms with Gasteiger partial charge in [0.05, 0.1) is 11.9 Å². The smallest absolute Gasteiger partial charge is 0.422 e. The number of halogens is 4. The lowest BCUT2D eigenvalue weighted by Crippen LogP contribution is -2.19. The summed E-state index contributed by atoms with van der Waals surface area (Å²) in [6, 6.07) is 2.95. The molecule has 0 aromatic carbocycles. The number of pyridine rings is 1. The quantitative estimate of drug-likeness (QED) is 0.884. The van der Waals surface area contributed by atoms with E-state index in [0.717, 1.165) is 0 Å². The molecule has 0 radical (unpaired) electrons. The largest absolute Gasteiger partial charge is 0.468 e. The first-order valence-corrected chi connectivity index (χ1v) is 3.84. The molecule has 7 heteroatoms. The predicted molar refractivity (Wildman–Crippen MR) is 52.6 cm³/mol. The van der Waals surface area contributed by atoms with Gasteiger partial charge < -0.3 is 10.1 Å². The average molecular weight is 243 g/mol. The lowest BCUT2D eigenvalue weighted by atomic mass is 10.4. The Morgan fingerprint density at radius 1 is 1.40 bits per heavy atom. The van der Waals surface area contributed by atoms with E-state index in [1.54, 1.807) is 13.1 Å². The molecule has 1 heterocycles. The topological polar surface area (TPSA) is 34.1 Å². The van der Waals surface area contributed by atoms with Crippen LogP contribution in [0.1, 0.15) is 0 Å². The van der Waals surface area contributed by atoms with Gasteiger partial charge in [0.2, 0.25) is 5.88 Å². The summed E-state index contributed by atoms with van der Waals surface area (Å²) in [4.78, 5) is 3.67. The number of nitrogens with one attached hydrogen (secondary N) is 1. The Bertz CT molecular complexity index is 289. The second kappa shape index (κ2) is 5.65. The highest BCUT2D eigenvalue weighted by Gasteiger charge is 2.28. The zero-order valence-electron chi connectivity index (χ0n) is 7.84. The van der Waals surface area contributed by atoms with Gasteiger partial charge in [-0.25, -0.2) is 4.98 Å². The van der Waals surface area contributed by atoms with Crippen molar-refractivity contribution in [2.45, 2.75) is 6.18 Å². The van der Waals surface area contributed by atoms with Gasteiger partial charge in [-0.15, -0.1) is 12.4 Å². The molecule has 1 rings (SSSR count). The Balaban J connectivity index is 0.00000196. The van der Waals surface area contributed by atoms with E-state index in [2.05, 4.69) is 15.0 Å². The first kappa shape index (κ1) is 13.8. The monoisotopic (exact) mass is 242 g/mol. The van der Waals surface area contributed by atoms with Crippen LogP contribution in [0.3, 0.4) is 0 Å². The van der Waals surface area contributed by atoms with Crippen molar-refractivity contribution >= 4 is 18.1 Å².